The first-order chi connectivity index (χ1) is 11.1. The van der Waals surface area contributed by atoms with Gasteiger partial charge in [-0.15, -0.1) is 0 Å². The maximum Gasteiger partial charge on any atom is 0.411 e. The van der Waals surface area contributed by atoms with Crippen LogP contribution in [0.15, 0.2) is 24.3 Å². The Kier molecular flexibility index (Phi) is 6.19. The van der Waals surface area contributed by atoms with Crippen molar-refractivity contribution in [2.45, 2.75) is 44.8 Å². The predicted octanol–water partition coefficient (Wildman–Crippen LogP) is 3.00. The first-order valence-electron chi connectivity index (χ1n) is 7.84. The minimum atomic E-state index is -0.569. The van der Waals surface area contributed by atoms with Gasteiger partial charge >= 0.3 is 12.1 Å². The number of ether oxygens (including phenoxy) is 1. The smallest absolute Gasteiger partial charge is 0.411 e. The quantitative estimate of drug-likeness (QED) is 0.797. The average Bonchev–Trinajstić information content (AvgIpc) is 2.50. The number of nitrogens with one attached hydrogen (secondary N) is 3. The largest absolute Gasteiger partial charge is 0.446 e. The summed E-state index contributed by atoms with van der Waals surface area (Å²) in [5, 5.41) is 8.13. The Bertz CT molecular complexity index is 536. The molecule has 0 bridgehead atoms. The minimum Gasteiger partial charge on any atom is -0.446 e. The second-order valence-corrected chi connectivity index (χ2v) is 5.53. The van der Waals surface area contributed by atoms with E-state index in [0.29, 0.717) is 18.7 Å². The van der Waals surface area contributed by atoms with Gasteiger partial charge in [-0.3, -0.25) is 5.32 Å². The van der Waals surface area contributed by atoms with Crippen LogP contribution < -0.4 is 16.0 Å². The van der Waals surface area contributed by atoms with Gasteiger partial charge in [-0.1, -0.05) is 0 Å². The third-order valence-electron chi connectivity index (χ3n) is 3.66. The average molecular weight is 323 g/mol. The predicted molar refractivity (Wildman–Crippen MR) is 84.8 cm³/mol. The Balaban J connectivity index is 1.78. The molecule has 7 heteroatoms. The Morgan fingerprint density at radius 3 is 2.70 bits per heavy atom. The fraction of sp³-hybridized carbons (Fsp3) is 0.500. The lowest BCUT2D eigenvalue weighted by Gasteiger charge is -2.29. The van der Waals surface area contributed by atoms with Gasteiger partial charge in [0.15, 0.2) is 0 Å². The molecule has 3 amide bonds. The zero-order valence-electron chi connectivity index (χ0n) is 13.1. The van der Waals surface area contributed by atoms with Gasteiger partial charge < -0.3 is 15.4 Å². The standard InChI is InChI=1S/C16H22FN3O3/c1-2-18-15(21)19-13-4-3-5-14(10-13)23-16(22)20-12-8-6-11(17)7-9-12/h6-9,13-14H,2-5,10H2,1H3,(H,20,22)(H2,18,19,21)/t13-,14-/m1/s1. The van der Waals surface area contributed by atoms with Gasteiger partial charge in [-0.2, -0.15) is 0 Å². The number of amides is 3. The van der Waals surface area contributed by atoms with Crippen molar-refractivity contribution in [3.05, 3.63) is 30.1 Å². The number of hydrogen-bond donors (Lipinski definition) is 3. The van der Waals surface area contributed by atoms with Gasteiger partial charge in [0.1, 0.15) is 11.9 Å². The van der Waals surface area contributed by atoms with Gasteiger partial charge in [-0.05, 0) is 50.5 Å². The van der Waals surface area contributed by atoms with Crippen LogP contribution in [0.2, 0.25) is 0 Å². The Morgan fingerprint density at radius 2 is 2.00 bits per heavy atom. The molecule has 23 heavy (non-hydrogen) atoms. The van der Waals surface area contributed by atoms with Gasteiger partial charge in [0.05, 0.1) is 0 Å². The number of rotatable bonds is 4. The number of anilines is 1. The molecular formula is C16H22FN3O3. The van der Waals surface area contributed by atoms with Crippen LogP contribution in [0, 0.1) is 5.82 Å². The molecule has 1 saturated carbocycles. The first kappa shape index (κ1) is 17.1. The third kappa shape index (κ3) is 5.77. The second-order valence-electron chi connectivity index (χ2n) is 5.53. The van der Waals surface area contributed by atoms with Crippen molar-refractivity contribution in [3.8, 4) is 0 Å². The van der Waals surface area contributed by atoms with E-state index in [1.165, 1.54) is 24.3 Å². The molecule has 2 atom stereocenters. The summed E-state index contributed by atoms with van der Waals surface area (Å²) in [6, 6.07) is 5.27. The van der Waals surface area contributed by atoms with E-state index in [1.54, 1.807) is 0 Å². The van der Waals surface area contributed by atoms with Crippen molar-refractivity contribution in [1.82, 2.24) is 10.6 Å². The van der Waals surface area contributed by atoms with Gasteiger partial charge in [-0.25, -0.2) is 14.0 Å². The molecule has 1 aromatic rings. The summed E-state index contributed by atoms with van der Waals surface area (Å²) < 4.78 is 18.2. The Morgan fingerprint density at radius 1 is 1.26 bits per heavy atom. The highest BCUT2D eigenvalue weighted by Crippen LogP contribution is 2.22. The van der Waals surface area contributed by atoms with Crippen molar-refractivity contribution in [2.24, 2.45) is 0 Å². The van der Waals surface area contributed by atoms with E-state index in [2.05, 4.69) is 16.0 Å². The van der Waals surface area contributed by atoms with Crippen LogP contribution >= 0.6 is 0 Å². The van der Waals surface area contributed by atoms with Crippen LogP contribution in [0.1, 0.15) is 32.6 Å². The van der Waals surface area contributed by atoms with E-state index < -0.39 is 6.09 Å². The first-order valence-corrected chi connectivity index (χ1v) is 7.84. The summed E-state index contributed by atoms with van der Waals surface area (Å²) in [4.78, 5) is 23.4. The summed E-state index contributed by atoms with van der Waals surface area (Å²) in [5.41, 5.74) is 0.476. The van der Waals surface area contributed by atoms with Crippen molar-refractivity contribution < 1.29 is 18.7 Å². The van der Waals surface area contributed by atoms with Gasteiger partial charge in [0.25, 0.3) is 0 Å². The third-order valence-corrected chi connectivity index (χ3v) is 3.66. The monoisotopic (exact) mass is 323 g/mol. The number of urea groups is 1. The van der Waals surface area contributed by atoms with Crippen LogP contribution in [-0.4, -0.2) is 30.8 Å². The summed E-state index contributed by atoms with van der Waals surface area (Å²) in [7, 11) is 0. The van der Waals surface area contributed by atoms with Gasteiger partial charge in [0.2, 0.25) is 0 Å². The van der Waals surface area contributed by atoms with Crippen molar-refractivity contribution in [3.63, 3.8) is 0 Å². The molecule has 0 heterocycles. The zero-order valence-corrected chi connectivity index (χ0v) is 13.1. The number of carbonyl (C=O) groups is 2. The SMILES string of the molecule is CCNC(=O)N[C@@H]1CCC[C@@H](OC(=O)Nc2ccc(F)cc2)C1. The maximum absolute atomic E-state index is 12.8. The molecule has 0 spiro atoms. The van der Waals surface area contributed by atoms with Crippen molar-refractivity contribution >= 4 is 17.8 Å². The molecule has 2 rings (SSSR count). The topological polar surface area (TPSA) is 79.5 Å². The molecular weight excluding hydrogens is 301 g/mol. The van der Waals surface area contributed by atoms with Gasteiger partial charge in [0, 0.05) is 24.7 Å². The van der Waals surface area contributed by atoms with Crippen LogP contribution in [0.4, 0.5) is 19.7 Å². The lowest BCUT2D eigenvalue weighted by Crippen LogP contribution is -2.45. The molecule has 3 N–H and O–H groups in total. The normalized spacial score (nSPS) is 20.4. The number of benzene rings is 1. The zero-order chi connectivity index (χ0) is 16.7. The van der Waals surface area contributed by atoms with E-state index in [4.69, 9.17) is 4.74 Å². The van der Waals surface area contributed by atoms with Crippen LogP contribution in [0.3, 0.4) is 0 Å². The fourth-order valence-electron chi connectivity index (χ4n) is 2.61. The molecule has 0 unspecified atom stereocenters. The molecule has 1 aromatic carbocycles. The molecule has 0 radical (unpaired) electrons. The summed E-state index contributed by atoms with van der Waals surface area (Å²) >= 11 is 0. The van der Waals surface area contributed by atoms with E-state index >= 15 is 0 Å². The lowest BCUT2D eigenvalue weighted by molar-refractivity contribution is 0.0776. The van der Waals surface area contributed by atoms with Crippen LogP contribution in [0.5, 0.6) is 0 Å². The molecule has 0 saturated heterocycles. The highest BCUT2D eigenvalue weighted by atomic mass is 19.1. The summed E-state index contributed by atoms with van der Waals surface area (Å²) in [6.07, 6.45) is 2.30. The minimum absolute atomic E-state index is 0.000999. The fourth-order valence-corrected chi connectivity index (χ4v) is 2.61. The highest BCUT2D eigenvalue weighted by molar-refractivity contribution is 5.84. The van der Waals surface area contributed by atoms with Crippen molar-refractivity contribution in [1.29, 1.82) is 0 Å². The van der Waals surface area contributed by atoms with E-state index in [9.17, 15) is 14.0 Å². The maximum atomic E-state index is 12.8. The number of carbonyl (C=O) groups excluding carboxylic acids is 2. The second kappa shape index (κ2) is 8.36. The summed E-state index contributed by atoms with van der Waals surface area (Å²) in [5.74, 6) is -0.365. The molecule has 6 nitrogen and oxygen atoms in total. The Hall–Kier alpha value is -2.31. The molecule has 1 aliphatic rings. The van der Waals surface area contributed by atoms with Crippen molar-refractivity contribution in [2.75, 3.05) is 11.9 Å². The van der Waals surface area contributed by atoms with Crippen LogP contribution in [-0.2, 0) is 4.74 Å². The molecule has 0 aromatic heterocycles. The van der Waals surface area contributed by atoms with E-state index in [0.717, 1.165) is 19.3 Å². The molecule has 1 aliphatic carbocycles. The van der Waals surface area contributed by atoms with E-state index in [-0.39, 0.29) is 24.0 Å². The number of halogens is 1. The lowest BCUT2D eigenvalue weighted by atomic mass is 9.93. The Labute approximate surface area is 134 Å². The molecule has 0 aliphatic heterocycles. The molecule has 1 fully saturated rings. The molecule has 126 valence electrons. The van der Waals surface area contributed by atoms with E-state index in [1.807, 2.05) is 6.92 Å². The van der Waals surface area contributed by atoms with Crippen LogP contribution in [0.25, 0.3) is 0 Å². The highest BCUT2D eigenvalue weighted by Gasteiger charge is 2.25. The number of hydrogen-bond acceptors (Lipinski definition) is 3. The summed E-state index contributed by atoms with van der Waals surface area (Å²) in [6.45, 7) is 2.42.